The number of H-pyrrole nitrogens is 1. The third-order valence-corrected chi connectivity index (χ3v) is 3.91. The summed E-state index contributed by atoms with van der Waals surface area (Å²) in [5.41, 5.74) is 1.51. The van der Waals surface area contributed by atoms with E-state index in [4.69, 9.17) is 0 Å². The molecule has 98 valence electrons. The zero-order valence-corrected chi connectivity index (χ0v) is 12.3. The van der Waals surface area contributed by atoms with Crippen molar-refractivity contribution in [3.8, 4) is 0 Å². The molecule has 1 atom stereocenters. The Kier molecular flexibility index (Phi) is 4.79. The van der Waals surface area contributed by atoms with Gasteiger partial charge in [0.2, 0.25) is 0 Å². The molecular weight excluding hydrogens is 208 g/mol. The van der Waals surface area contributed by atoms with Crippen LogP contribution in [-0.2, 0) is 5.41 Å². The van der Waals surface area contributed by atoms with Gasteiger partial charge in [-0.15, -0.1) is 0 Å². The molecule has 0 aliphatic rings. The molecule has 0 fully saturated rings. The molecule has 1 N–H and O–H groups in total. The predicted molar refractivity (Wildman–Crippen MR) is 74.4 cm³/mol. The van der Waals surface area contributed by atoms with E-state index in [1.807, 2.05) is 6.20 Å². The van der Waals surface area contributed by atoms with Gasteiger partial charge in [0.15, 0.2) is 0 Å². The second-order valence-electron chi connectivity index (χ2n) is 6.20. The molecule has 2 nitrogen and oxygen atoms in total. The zero-order valence-electron chi connectivity index (χ0n) is 12.3. The normalized spacial score (nSPS) is 14.3. The Bertz CT molecular complexity index is 336. The summed E-state index contributed by atoms with van der Waals surface area (Å²) in [7, 11) is 0. The summed E-state index contributed by atoms with van der Waals surface area (Å²) < 4.78 is 0. The van der Waals surface area contributed by atoms with Crippen molar-refractivity contribution in [1.29, 1.82) is 0 Å². The van der Waals surface area contributed by atoms with E-state index in [-0.39, 0.29) is 5.41 Å². The fraction of sp³-hybridized carbons (Fsp3) is 0.800. The van der Waals surface area contributed by atoms with Crippen molar-refractivity contribution in [3.63, 3.8) is 0 Å². The first kappa shape index (κ1) is 14.3. The van der Waals surface area contributed by atoms with Crippen molar-refractivity contribution in [3.05, 3.63) is 17.7 Å². The standard InChI is InChI=1S/C15H28N2/c1-7-8-9-15(5,6)13-10-16-14(17-13)12(4)11(2)3/h10-12H,7-9H2,1-6H3,(H,16,17). The molecule has 1 aromatic heterocycles. The highest BCUT2D eigenvalue weighted by molar-refractivity contribution is 5.14. The first-order valence-electron chi connectivity index (χ1n) is 6.94. The summed E-state index contributed by atoms with van der Waals surface area (Å²) in [5.74, 6) is 2.28. The Balaban J connectivity index is 2.79. The van der Waals surface area contributed by atoms with Crippen LogP contribution in [0.2, 0.25) is 0 Å². The Morgan fingerprint density at radius 2 is 1.94 bits per heavy atom. The summed E-state index contributed by atoms with van der Waals surface area (Å²) >= 11 is 0. The molecule has 1 aromatic rings. The molecule has 1 unspecified atom stereocenters. The number of aromatic amines is 1. The first-order chi connectivity index (χ1) is 7.88. The van der Waals surface area contributed by atoms with Gasteiger partial charge in [-0.1, -0.05) is 54.4 Å². The van der Waals surface area contributed by atoms with Crippen molar-refractivity contribution < 1.29 is 0 Å². The summed E-state index contributed by atoms with van der Waals surface area (Å²) in [4.78, 5) is 8.09. The molecule has 0 amide bonds. The fourth-order valence-corrected chi connectivity index (χ4v) is 1.98. The van der Waals surface area contributed by atoms with E-state index in [1.54, 1.807) is 0 Å². The van der Waals surface area contributed by atoms with Gasteiger partial charge in [-0.3, -0.25) is 0 Å². The number of hydrogen-bond acceptors (Lipinski definition) is 1. The van der Waals surface area contributed by atoms with Gasteiger partial charge in [0, 0.05) is 23.2 Å². The molecule has 0 spiro atoms. The average Bonchev–Trinajstić information content (AvgIpc) is 2.75. The number of imidazole rings is 1. The summed E-state index contributed by atoms with van der Waals surface area (Å²) in [6.45, 7) is 13.6. The number of aromatic nitrogens is 2. The van der Waals surface area contributed by atoms with Crippen LogP contribution >= 0.6 is 0 Å². The molecule has 17 heavy (non-hydrogen) atoms. The lowest BCUT2D eigenvalue weighted by molar-refractivity contribution is 0.444. The van der Waals surface area contributed by atoms with Gasteiger partial charge >= 0.3 is 0 Å². The van der Waals surface area contributed by atoms with Gasteiger partial charge in [-0.2, -0.15) is 0 Å². The Morgan fingerprint density at radius 3 is 2.47 bits per heavy atom. The van der Waals surface area contributed by atoms with E-state index < -0.39 is 0 Å². The molecule has 0 bridgehead atoms. The van der Waals surface area contributed by atoms with Crippen LogP contribution in [0.15, 0.2) is 6.20 Å². The van der Waals surface area contributed by atoms with Crippen LogP contribution in [0.3, 0.4) is 0 Å². The number of nitrogens with one attached hydrogen (secondary N) is 1. The lowest BCUT2D eigenvalue weighted by atomic mass is 9.84. The van der Waals surface area contributed by atoms with Crippen molar-refractivity contribution in [2.45, 2.75) is 72.1 Å². The molecule has 2 heteroatoms. The lowest BCUT2D eigenvalue weighted by Gasteiger charge is -2.23. The minimum absolute atomic E-state index is 0.220. The summed E-state index contributed by atoms with van der Waals surface area (Å²) in [6, 6.07) is 0. The van der Waals surface area contributed by atoms with Gasteiger partial charge < -0.3 is 4.98 Å². The monoisotopic (exact) mass is 236 g/mol. The predicted octanol–water partition coefficient (Wildman–Crippen LogP) is 4.64. The zero-order chi connectivity index (χ0) is 13.1. The van der Waals surface area contributed by atoms with Gasteiger partial charge in [-0.25, -0.2) is 4.98 Å². The maximum Gasteiger partial charge on any atom is 0.109 e. The van der Waals surface area contributed by atoms with E-state index >= 15 is 0 Å². The van der Waals surface area contributed by atoms with Gasteiger partial charge in [0.1, 0.15) is 5.82 Å². The van der Waals surface area contributed by atoms with E-state index in [0.29, 0.717) is 11.8 Å². The quantitative estimate of drug-likeness (QED) is 0.766. The highest BCUT2D eigenvalue weighted by atomic mass is 14.9. The maximum atomic E-state index is 4.56. The van der Waals surface area contributed by atoms with Crippen LogP contribution < -0.4 is 0 Å². The number of rotatable bonds is 6. The summed E-state index contributed by atoms with van der Waals surface area (Å²) in [6.07, 6.45) is 5.79. The van der Waals surface area contributed by atoms with E-state index in [9.17, 15) is 0 Å². The SMILES string of the molecule is CCCCC(C)(C)c1cnc(C(C)C(C)C)[nH]1. The second-order valence-corrected chi connectivity index (χ2v) is 6.20. The number of hydrogen-bond donors (Lipinski definition) is 1. The average molecular weight is 236 g/mol. The van der Waals surface area contributed by atoms with Crippen LogP contribution in [0.25, 0.3) is 0 Å². The topological polar surface area (TPSA) is 28.7 Å². The highest BCUT2D eigenvalue weighted by Crippen LogP contribution is 2.29. The van der Waals surface area contributed by atoms with E-state index in [2.05, 4.69) is 51.5 Å². The van der Waals surface area contributed by atoms with Crippen LogP contribution in [0.5, 0.6) is 0 Å². The second kappa shape index (κ2) is 5.70. The van der Waals surface area contributed by atoms with Gasteiger partial charge in [0.05, 0.1) is 0 Å². The molecule has 0 aliphatic carbocycles. The van der Waals surface area contributed by atoms with Crippen molar-refractivity contribution in [1.82, 2.24) is 9.97 Å². The van der Waals surface area contributed by atoms with Crippen molar-refractivity contribution in [2.75, 3.05) is 0 Å². The Morgan fingerprint density at radius 1 is 1.29 bits per heavy atom. The van der Waals surface area contributed by atoms with Crippen molar-refractivity contribution in [2.24, 2.45) is 5.92 Å². The molecule has 0 saturated heterocycles. The van der Waals surface area contributed by atoms with Gasteiger partial charge in [-0.05, 0) is 12.3 Å². The van der Waals surface area contributed by atoms with Crippen LogP contribution in [0, 0.1) is 5.92 Å². The van der Waals surface area contributed by atoms with Crippen LogP contribution in [0.1, 0.15) is 78.2 Å². The summed E-state index contributed by atoms with van der Waals surface area (Å²) in [5, 5.41) is 0. The largest absolute Gasteiger partial charge is 0.345 e. The molecule has 0 aromatic carbocycles. The molecule has 0 saturated carbocycles. The maximum absolute atomic E-state index is 4.56. The smallest absolute Gasteiger partial charge is 0.109 e. The Hall–Kier alpha value is -0.790. The van der Waals surface area contributed by atoms with Crippen LogP contribution in [0.4, 0.5) is 0 Å². The van der Waals surface area contributed by atoms with Crippen molar-refractivity contribution >= 4 is 0 Å². The highest BCUT2D eigenvalue weighted by Gasteiger charge is 2.23. The van der Waals surface area contributed by atoms with Gasteiger partial charge in [0.25, 0.3) is 0 Å². The number of unbranched alkanes of at least 4 members (excludes halogenated alkanes) is 1. The molecule has 0 radical (unpaired) electrons. The number of nitrogens with zero attached hydrogens (tertiary/aromatic N) is 1. The molecular formula is C15H28N2. The van der Waals surface area contributed by atoms with Crippen LogP contribution in [-0.4, -0.2) is 9.97 Å². The van der Waals surface area contributed by atoms with E-state index in [0.717, 1.165) is 5.82 Å². The molecule has 1 rings (SSSR count). The first-order valence-corrected chi connectivity index (χ1v) is 6.94. The minimum Gasteiger partial charge on any atom is -0.345 e. The fourth-order valence-electron chi connectivity index (χ4n) is 1.98. The van der Waals surface area contributed by atoms with E-state index in [1.165, 1.54) is 25.0 Å². The molecule has 1 heterocycles. The Labute approximate surface area is 106 Å². The lowest BCUT2D eigenvalue weighted by Crippen LogP contribution is -2.17. The third kappa shape index (κ3) is 3.58. The molecule has 0 aliphatic heterocycles. The minimum atomic E-state index is 0.220. The third-order valence-electron chi connectivity index (χ3n) is 3.91.